The van der Waals surface area contributed by atoms with E-state index in [0.717, 1.165) is 28.6 Å². The van der Waals surface area contributed by atoms with Crippen LogP contribution in [-0.4, -0.2) is 54.1 Å². The van der Waals surface area contributed by atoms with Gasteiger partial charge in [-0.3, -0.25) is 9.59 Å². The summed E-state index contributed by atoms with van der Waals surface area (Å²) in [5.41, 5.74) is 1.35. The third-order valence-electron chi connectivity index (χ3n) is 7.68. The van der Waals surface area contributed by atoms with Gasteiger partial charge in [0.05, 0.1) is 22.7 Å². The number of fused-ring (bicyclic) bond motifs is 1. The number of ether oxygens (including phenoxy) is 1. The smallest absolute Gasteiger partial charge is 0.345 e. The van der Waals surface area contributed by atoms with Crippen LogP contribution in [0.2, 0.25) is 0 Å². The molecule has 0 unspecified atom stereocenters. The molecule has 1 aliphatic heterocycles. The molecule has 2 fully saturated rings. The highest BCUT2D eigenvalue weighted by molar-refractivity contribution is 7.12. The molecule has 1 saturated heterocycles. The Hall–Kier alpha value is -3.13. The van der Waals surface area contributed by atoms with Crippen molar-refractivity contribution in [2.24, 2.45) is 11.8 Å². The Kier molecular flexibility index (Phi) is 8.17. The number of aromatic nitrogens is 1. The number of anilines is 1. The predicted octanol–water partition coefficient (Wildman–Crippen LogP) is 5.42. The van der Waals surface area contributed by atoms with Gasteiger partial charge in [-0.15, -0.1) is 11.3 Å². The number of para-hydroxylation sites is 1. The number of amides is 1. The van der Waals surface area contributed by atoms with Gasteiger partial charge in [-0.2, -0.15) is 0 Å². The lowest BCUT2D eigenvalue weighted by atomic mass is 9.89. The molecular formula is C30H37N3O4S. The fraction of sp³-hybridized carbons (Fsp3) is 0.500. The van der Waals surface area contributed by atoms with Crippen LogP contribution in [0, 0.1) is 11.8 Å². The number of carbonyl (C=O) groups is 2. The van der Waals surface area contributed by atoms with Crippen LogP contribution in [0.4, 0.5) is 5.69 Å². The number of rotatable bonds is 7. The molecule has 1 aliphatic carbocycles. The number of esters is 1. The summed E-state index contributed by atoms with van der Waals surface area (Å²) in [6, 6.07) is 11.6. The molecule has 1 aromatic carbocycles. The maximum atomic E-state index is 14.1. The van der Waals surface area contributed by atoms with Gasteiger partial charge < -0.3 is 19.1 Å². The van der Waals surface area contributed by atoms with Crippen molar-refractivity contribution >= 4 is 39.8 Å². The maximum Gasteiger partial charge on any atom is 0.345 e. The van der Waals surface area contributed by atoms with Crippen molar-refractivity contribution in [1.82, 2.24) is 9.47 Å². The van der Waals surface area contributed by atoms with Crippen LogP contribution in [0.5, 0.6) is 0 Å². The summed E-state index contributed by atoms with van der Waals surface area (Å²) in [6.07, 6.45) is 5.84. The summed E-state index contributed by atoms with van der Waals surface area (Å²) in [5.74, 6) is 0.0732. The van der Waals surface area contributed by atoms with Gasteiger partial charge in [0.15, 0.2) is 0 Å². The van der Waals surface area contributed by atoms with Crippen molar-refractivity contribution in [1.29, 1.82) is 0 Å². The second-order valence-corrected chi connectivity index (χ2v) is 11.9. The minimum Gasteiger partial charge on any atom is -0.462 e. The summed E-state index contributed by atoms with van der Waals surface area (Å²) in [4.78, 5) is 45.2. The van der Waals surface area contributed by atoms with Crippen molar-refractivity contribution in [3.8, 4) is 0 Å². The van der Waals surface area contributed by atoms with E-state index in [1.807, 2.05) is 65.1 Å². The number of pyridine rings is 1. The first-order valence-electron chi connectivity index (χ1n) is 13.8. The summed E-state index contributed by atoms with van der Waals surface area (Å²) in [5, 5.41) is 2.80. The number of benzene rings is 1. The van der Waals surface area contributed by atoms with Crippen molar-refractivity contribution in [2.45, 2.75) is 52.5 Å². The van der Waals surface area contributed by atoms with Gasteiger partial charge in [0, 0.05) is 38.1 Å². The van der Waals surface area contributed by atoms with Crippen LogP contribution in [0.3, 0.4) is 0 Å². The van der Waals surface area contributed by atoms with Crippen molar-refractivity contribution < 1.29 is 14.3 Å². The Balaban J connectivity index is 1.53. The van der Waals surface area contributed by atoms with Gasteiger partial charge in [0.1, 0.15) is 5.56 Å². The zero-order valence-corrected chi connectivity index (χ0v) is 23.2. The molecule has 202 valence electrons. The molecule has 0 bridgehead atoms. The number of hydrogen-bond donors (Lipinski definition) is 0. The van der Waals surface area contributed by atoms with Gasteiger partial charge in [0.25, 0.3) is 11.5 Å². The highest BCUT2D eigenvalue weighted by Gasteiger charge is 2.31. The summed E-state index contributed by atoms with van der Waals surface area (Å²) >= 11 is 1.45. The normalized spacial score (nSPS) is 16.8. The molecule has 2 aliphatic rings. The fourth-order valence-corrected chi connectivity index (χ4v) is 6.41. The fourth-order valence-electron chi connectivity index (χ4n) is 5.71. The van der Waals surface area contributed by atoms with Gasteiger partial charge >= 0.3 is 5.97 Å². The second-order valence-electron chi connectivity index (χ2n) is 10.9. The minimum atomic E-state index is -0.557. The third-order valence-corrected chi connectivity index (χ3v) is 8.54. The molecule has 0 atom stereocenters. The van der Waals surface area contributed by atoms with Crippen LogP contribution >= 0.6 is 11.3 Å². The predicted molar refractivity (Wildman–Crippen MR) is 152 cm³/mol. The van der Waals surface area contributed by atoms with E-state index in [2.05, 4.69) is 4.90 Å². The molecule has 0 N–H and O–H groups in total. The Morgan fingerprint density at radius 1 is 1.00 bits per heavy atom. The van der Waals surface area contributed by atoms with E-state index < -0.39 is 5.97 Å². The molecule has 2 aromatic heterocycles. The molecule has 3 heterocycles. The Labute approximate surface area is 228 Å². The molecule has 1 saturated carbocycles. The SMILES string of the molecule is CC(C)COC(=O)c1c(N2CCN(C(=O)c3cccs3)CC2)c2ccccc2n(CC2CCCCC2)c1=O. The van der Waals surface area contributed by atoms with Crippen molar-refractivity contribution in [3.05, 3.63) is 62.6 Å². The highest BCUT2D eigenvalue weighted by atomic mass is 32.1. The molecule has 0 spiro atoms. The van der Waals surface area contributed by atoms with E-state index in [0.29, 0.717) is 44.3 Å². The number of thiophene rings is 1. The zero-order chi connectivity index (χ0) is 26.6. The average molecular weight is 536 g/mol. The molecule has 7 nitrogen and oxygen atoms in total. The average Bonchev–Trinajstić information content (AvgIpc) is 3.48. The molecule has 5 rings (SSSR count). The summed E-state index contributed by atoms with van der Waals surface area (Å²) < 4.78 is 7.48. The van der Waals surface area contributed by atoms with Gasteiger partial charge in [-0.25, -0.2) is 4.79 Å². The summed E-state index contributed by atoms with van der Waals surface area (Å²) in [6.45, 7) is 6.98. The Morgan fingerprint density at radius 2 is 1.74 bits per heavy atom. The van der Waals surface area contributed by atoms with Crippen LogP contribution < -0.4 is 10.5 Å². The lowest BCUT2D eigenvalue weighted by Crippen LogP contribution is -2.49. The maximum absolute atomic E-state index is 14.1. The van der Waals surface area contributed by atoms with Crippen LogP contribution in [0.25, 0.3) is 10.9 Å². The molecule has 0 radical (unpaired) electrons. The van der Waals surface area contributed by atoms with E-state index in [9.17, 15) is 14.4 Å². The van der Waals surface area contributed by atoms with Crippen LogP contribution in [-0.2, 0) is 11.3 Å². The number of hydrogen-bond acceptors (Lipinski definition) is 6. The van der Waals surface area contributed by atoms with E-state index in [-0.39, 0.29) is 29.6 Å². The Morgan fingerprint density at radius 3 is 2.42 bits per heavy atom. The third kappa shape index (κ3) is 5.51. The summed E-state index contributed by atoms with van der Waals surface area (Å²) in [7, 11) is 0. The first-order chi connectivity index (χ1) is 18.4. The van der Waals surface area contributed by atoms with Gasteiger partial charge in [0.2, 0.25) is 0 Å². The first-order valence-corrected chi connectivity index (χ1v) is 14.7. The number of nitrogens with zero attached hydrogens (tertiary/aromatic N) is 3. The quantitative estimate of drug-likeness (QED) is 0.378. The van der Waals surface area contributed by atoms with Crippen molar-refractivity contribution in [3.63, 3.8) is 0 Å². The number of carbonyl (C=O) groups excluding carboxylic acids is 2. The first kappa shape index (κ1) is 26.5. The standard InChI is InChI=1S/C30H37N3O4S/c1-21(2)20-37-30(36)26-27(31-14-16-32(17-15-31)28(34)25-13-8-18-38-25)23-11-6-7-12-24(23)33(29(26)35)19-22-9-4-3-5-10-22/h6-8,11-13,18,21-22H,3-5,9-10,14-17,19-20H2,1-2H3. The zero-order valence-electron chi connectivity index (χ0n) is 22.4. The van der Waals surface area contributed by atoms with Gasteiger partial charge in [-0.1, -0.05) is 57.4 Å². The van der Waals surface area contributed by atoms with Crippen molar-refractivity contribution in [2.75, 3.05) is 37.7 Å². The van der Waals surface area contributed by atoms with E-state index in [1.54, 1.807) is 0 Å². The number of piperazine rings is 1. The molecule has 3 aromatic rings. The molecular weight excluding hydrogens is 498 g/mol. The van der Waals surface area contributed by atoms with Crippen LogP contribution in [0.1, 0.15) is 66.0 Å². The molecule has 1 amide bonds. The Bertz CT molecular complexity index is 1330. The molecule has 8 heteroatoms. The lowest BCUT2D eigenvalue weighted by Gasteiger charge is -2.37. The van der Waals surface area contributed by atoms with E-state index in [1.165, 1.54) is 30.6 Å². The van der Waals surface area contributed by atoms with Gasteiger partial charge in [-0.05, 0) is 42.2 Å². The second kappa shape index (κ2) is 11.7. The van der Waals surface area contributed by atoms with E-state index in [4.69, 9.17) is 4.74 Å². The topological polar surface area (TPSA) is 71.8 Å². The lowest BCUT2D eigenvalue weighted by molar-refractivity contribution is 0.0456. The largest absolute Gasteiger partial charge is 0.462 e. The van der Waals surface area contributed by atoms with Crippen LogP contribution in [0.15, 0.2) is 46.6 Å². The minimum absolute atomic E-state index is 0.0315. The van der Waals surface area contributed by atoms with E-state index >= 15 is 0 Å². The highest BCUT2D eigenvalue weighted by Crippen LogP contribution is 2.32. The molecule has 38 heavy (non-hydrogen) atoms. The monoisotopic (exact) mass is 535 g/mol.